The molecular formula is C34H30BrF3N6O8. The zero-order valence-electron chi connectivity index (χ0n) is 27.2. The van der Waals surface area contributed by atoms with Crippen molar-refractivity contribution in [1.82, 2.24) is 20.1 Å². The summed E-state index contributed by atoms with van der Waals surface area (Å²) in [4.78, 5) is 81.5. The van der Waals surface area contributed by atoms with E-state index in [1.165, 1.54) is 12.1 Å². The van der Waals surface area contributed by atoms with Gasteiger partial charge in [-0.1, -0.05) is 12.1 Å². The Kier molecular flexibility index (Phi) is 10.7. The van der Waals surface area contributed by atoms with Crippen molar-refractivity contribution >= 4 is 62.7 Å². The van der Waals surface area contributed by atoms with E-state index in [9.17, 15) is 41.9 Å². The van der Waals surface area contributed by atoms with Gasteiger partial charge in [0.2, 0.25) is 11.8 Å². The van der Waals surface area contributed by atoms with Crippen LogP contribution >= 0.6 is 15.9 Å². The first-order valence-corrected chi connectivity index (χ1v) is 16.8. The topological polar surface area (TPSA) is 176 Å². The number of rotatable bonds is 13. The van der Waals surface area contributed by atoms with Gasteiger partial charge in [-0.2, -0.15) is 13.2 Å². The van der Waals surface area contributed by atoms with Gasteiger partial charge in [-0.15, -0.1) is 0 Å². The van der Waals surface area contributed by atoms with Crippen molar-refractivity contribution in [2.75, 3.05) is 50.2 Å². The van der Waals surface area contributed by atoms with Gasteiger partial charge < -0.3 is 25.0 Å². The molecule has 1 aromatic heterocycles. The van der Waals surface area contributed by atoms with Crippen molar-refractivity contribution in [1.29, 1.82) is 0 Å². The zero-order chi connectivity index (χ0) is 37.2. The third-order valence-electron chi connectivity index (χ3n) is 8.50. The lowest BCUT2D eigenvalue weighted by atomic mass is 10.0. The SMILES string of the molecule is O=C1CCC(N2C(=O)c3cccc(NCCOCCOCCN4Cc5cc(NC(=O)c6cccc(C(F)(F)F)n6)c(Br)cc5C4=O)c3C2=O)C(=O)N1. The number of hydrogen-bond acceptors (Lipinski definition) is 10. The molecule has 6 rings (SSSR count). The average Bonchev–Trinajstić information content (AvgIpc) is 3.54. The molecule has 0 radical (unpaired) electrons. The fourth-order valence-corrected chi connectivity index (χ4v) is 6.44. The second-order valence-corrected chi connectivity index (χ2v) is 12.8. The minimum atomic E-state index is -4.70. The van der Waals surface area contributed by atoms with Crippen LogP contribution in [0.1, 0.15) is 65.7 Å². The molecule has 4 heterocycles. The molecule has 1 atom stereocenters. The van der Waals surface area contributed by atoms with E-state index in [0.29, 0.717) is 27.8 Å². The van der Waals surface area contributed by atoms with E-state index in [1.54, 1.807) is 29.2 Å². The molecule has 0 saturated carbocycles. The summed E-state index contributed by atoms with van der Waals surface area (Å²) in [7, 11) is 0. The smallest absolute Gasteiger partial charge is 0.382 e. The summed E-state index contributed by atoms with van der Waals surface area (Å²) in [6, 6.07) is 9.88. The lowest BCUT2D eigenvalue weighted by Gasteiger charge is -2.27. The monoisotopic (exact) mass is 786 g/mol. The number of carbonyl (C=O) groups is 6. The number of aromatic nitrogens is 1. The number of fused-ring (bicyclic) bond motifs is 2. The summed E-state index contributed by atoms with van der Waals surface area (Å²) in [6.07, 6.45) is -4.61. The van der Waals surface area contributed by atoms with Crippen molar-refractivity contribution in [2.24, 2.45) is 0 Å². The van der Waals surface area contributed by atoms with Crippen molar-refractivity contribution < 1.29 is 51.4 Å². The summed E-state index contributed by atoms with van der Waals surface area (Å²) in [6.45, 7) is 1.72. The number of carbonyl (C=O) groups excluding carboxylic acids is 6. The van der Waals surface area contributed by atoms with Gasteiger partial charge in [0, 0.05) is 41.8 Å². The van der Waals surface area contributed by atoms with Crippen LogP contribution in [0.2, 0.25) is 0 Å². The molecule has 1 fully saturated rings. The Morgan fingerprint density at radius 3 is 2.42 bits per heavy atom. The number of alkyl halides is 3. The highest BCUT2D eigenvalue weighted by atomic mass is 79.9. The minimum Gasteiger partial charge on any atom is -0.382 e. The van der Waals surface area contributed by atoms with Crippen LogP contribution in [0.5, 0.6) is 0 Å². The van der Waals surface area contributed by atoms with E-state index in [2.05, 4.69) is 36.9 Å². The molecule has 3 N–H and O–H groups in total. The molecule has 3 aliphatic heterocycles. The standard InChI is InChI=1S/C34H30BrF3N6O8/c35-21-16-20-18(15-24(21)41-29(46)23-5-2-6-26(40-23)34(36,37)38)17-43(31(20)48)10-12-52-14-13-51-11-9-39-22-4-1-3-19-28(22)33(50)44(32(19)49)25-7-8-27(45)42-30(25)47/h1-6,15-16,25,39H,7-14,17H2,(H,41,46)(H,42,45,47). The summed E-state index contributed by atoms with van der Waals surface area (Å²) in [5, 5.41) is 7.81. The average molecular weight is 788 g/mol. The molecule has 3 aromatic rings. The Labute approximate surface area is 302 Å². The fraction of sp³-hybridized carbons (Fsp3) is 0.324. The Balaban J connectivity index is 0.913. The number of piperidine rings is 1. The highest BCUT2D eigenvalue weighted by Crippen LogP contribution is 2.34. The van der Waals surface area contributed by atoms with Crippen molar-refractivity contribution in [3.05, 3.63) is 86.6 Å². The van der Waals surface area contributed by atoms with E-state index in [-0.39, 0.29) is 75.1 Å². The Morgan fingerprint density at radius 1 is 0.923 bits per heavy atom. The maximum atomic E-state index is 13.2. The molecule has 0 bridgehead atoms. The van der Waals surface area contributed by atoms with Crippen LogP contribution in [0.4, 0.5) is 24.5 Å². The highest BCUT2D eigenvalue weighted by Gasteiger charge is 2.45. The van der Waals surface area contributed by atoms with E-state index in [1.807, 2.05) is 0 Å². The van der Waals surface area contributed by atoms with Gasteiger partial charge in [0.25, 0.3) is 23.6 Å². The summed E-state index contributed by atoms with van der Waals surface area (Å²) in [5.41, 5.74) is 0.437. The lowest BCUT2D eigenvalue weighted by molar-refractivity contribution is -0.141. The number of benzene rings is 2. The number of hydrogen-bond donors (Lipinski definition) is 3. The van der Waals surface area contributed by atoms with Gasteiger partial charge >= 0.3 is 6.18 Å². The number of ether oxygens (including phenoxy) is 2. The summed E-state index contributed by atoms with van der Waals surface area (Å²) >= 11 is 3.31. The van der Waals surface area contributed by atoms with E-state index >= 15 is 0 Å². The molecule has 1 unspecified atom stereocenters. The first kappa shape index (κ1) is 36.6. The number of pyridine rings is 1. The van der Waals surface area contributed by atoms with Crippen LogP contribution in [-0.4, -0.2) is 95.8 Å². The number of nitrogens with one attached hydrogen (secondary N) is 3. The van der Waals surface area contributed by atoms with Crippen molar-refractivity contribution in [3.63, 3.8) is 0 Å². The molecule has 3 aliphatic rings. The van der Waals surface area contributed by atoms with Crippen LogP contribution in [0.15, 0.2) is 53.0 Å². The van der Waals surface area contributed by atoms with E-state index in [4.69, 9.17) is 9.47 Å². The fourth-order valence-electron chi connectivity index (χ4n) is 5.99. The summed E-state index contributed by atoms with van der Waals surface area (Å²) in [5.74, 6) is -3.42. The van der Waals surface area contributed by atoms with Crippen molar-refractivity contribution in [2.45, 2.75) is 31.6 Å². The molecule has 0 spiro atoms. The molecule has 0 aliphatic carbocycles. The van der Waals surface area contributed by atoms with Crippen molar-refractivity contribution in [3.8, 4) is 0 Å². The van der Waals surface area contributed by atoms with Crippen LogP contribution in [0.3, 0.4) is 0 Å². The molecule has 52 heavy (non-hydrogen) atoms. The first-order valence-electron chi connectivity index (χ1n) is 16.0. The van der Waals surface area contributed by atoms with Gasteiger partial charge in [0.1, 0.15) is 17.4 Å². The van der Waals surface area contributed by atoms with E-state index in [0.717, 1.165) is 17.0 Å². The second kappa shape index (κ2) is 15.2. The maximum Gasteiger partial charge on any atom is 0.433 e. The Morgan fingerprint density at radius 2 is 1.67 bits per heavy atom. The van der Waals surface area contributed by atoms with Gasteiger partial charge in [-0.05, 0) is 64.3 Å². The van der Waals surface area contributed by atoms with Gasteiger partial charge in [0.15, 0.2) is 0 Å². The van der Waals surface area contributed by atoms with Crippen LogP contribution in [0, 0.1) is 0 Å². The Hall–Kier alpha value is -5.20. The molecule has 14 nitrogen and oxygen atoms in total. The van der Waals surface area contributed by atoms with Gasteiger partial charge in [-0.3, -0.25) is 39.0 Å². The predicted octanol–water partition coefficient (Wildman–Crippen LogP) is 3.62. The lowest BCUT2D eigenvalue weighted by Crippen LogP contribution is -2.54. The molecule has 6 amide bonds. The van der Waals surface area contributed by atoms with E-state index < -0.39 is 53.1 Å². The number of halogens is 4. The third kappa shape index (κ3) is 7.68. The Bertz CT molecular complexity index is 1980. The predicted molar refractivity (Wildman–Crippen MR) is 179 cm³/mol. The molecule has 18 heteroatoms. The third-order valence-corrected chi connectivity index (χ3v) is 9.16. The van der Waals surface area contributed by atoms with Crippen LogP contribution < -0.4 is 16.0 Å². The normalized spacial score (nSPS) is 17.0. The quantitative estimate of drug-likeness (QED) is 0.171. The van der Waals surface area contributed by atoms with Gasteiger partial charge in [0.05, 0.1) is 43.2 Å². The number of nitrogens with zero attached hydrogens (tertiary/aromatic N) is 3. The van der Waals surface area contributed by atoms with Crippen LogP contribution in [0.25, 0.3) is 0 Å². The molecular weight excluding hydrogens is 757 g/mol. The molecule has 2 aromatic carbocycles. The van der Waals surface area contributed by atoms with Gasteiger partial charge in [-0.25, -0.2) is 4.98 Å². The number of amides is 6. The summed E-state index contributed by atoms with van der Waals surface area (Å²) < 4.78 is 50.7. The number of anilines is 2. The molecule has 1 saturated heterocycles. The first-order chi connectivity index (χ1) is 24.8. The highest BCUT2D eigenvalue weighted by molar-refractivity contribution is 9.10. The molecule has 272 valence electrons. The maximum absolute atomic E-state index is 13.2. The van der Waals surface area contributed by atoms with Crippen LogP contribution in [-0.2, 0) is 31.8 Å². The largest absolute Gasteiger partial charge is 0.433 e. The zero-order valence-corrected chi connectivity index (χ0v) is 28.8. The number of imide groups is 2. The second-order valence-electron chi connectivity index (χ2n) is 11.9. The minimum absolute atomic E-state index is 0.0274.